The van der Waals surface area contributed by atoms with E-state index in [1.165, 1.54) is 23.5 Å². The molecular formula is C34H32Cl2F3N5O2S. The average Bonchev–Trinajstić information content (AvgIpc) is 3.79. The van der Waals surface area contributed by atoms with E-state index in [0.717, 1.165) is 68.7 Å². The molecule has 2 saturated heterocycles. The lowest BCUT2D eigenvalue weighted by molar-refractivity contribution is -0.137. The lowest BCUT2D eigenvalue weighted by Crippen LogP contribution is -2.45. The Bertz CT molecular complexity index is 1810. The highest BCUT2D eigenvalue weighted by Gasteiger charge is 2.32. The van der Waals surface area contributed by atoms with Crippen molar-refractivity contribution in [3.63, 3.8) is 0 Å². The molecular weight excluding hydrogens is 670 g/mol. The van der Waals surface area contributed by atoms with E-state index in [4.69, 9.17) is 28.3 Å². The molecule has 4 aromatic rings. The molecule has 47 heavy (non-hydrogen) atoms. The number of benzene rings is 2. The van der Waals surface area contributed by atoms with Crippen molar-refractivity contribution < 1.29 is 23.1 Å². The largest absolute Gasteiger partial charge is 0.416 e. The van der Waals surface area contributed by atoms with E-state index in [-0.39, 0.29) is 24.2 Å². The molecule has 0 radical (unpaired) electrons. The number of halogens is 5. The molecule has 4 heterocycles. The molecule has 1 unspecified atom stereocenters. The van der Waals surface area contributed by atoms with Crippen LogP contribution in [0.4, 0.5) is 13.2 Å². The van der Waals surface area contributed by atoms with Crippen molar-refractivity contribution in [1.29, 1.82) is 0 Å². The van der Waals surface area contributed by atoms with Gasteiger partial charge in [-0.15, -0.1) is 11.3 Å². The number of aliphatic hydroxyl groups excluding tert-OH is 1. The number of likely N-dealkylation sites (tertiary alicyclic amines) is 1. The molecule has 7 nitrogen and oxygen atoms in total. The SMILES string of the molecule is O=C(NN1CCCCC1)c1nn(-c2ccc(Cl)cc2Cl)c(-c2ccc(C#Cc3ccc(C(F)(F)F)cc3)s2)c1CN1CCCC1CO. The molecule has 1 atom stereocenters. The molecule has 0 saturated carbocycles. The van der Waals surface area contributed by atoms with Crippen LogP contribution in [0.15, 0.2) is 54.6 Å². The zero-order valence-electron chi connectivity index (χ0n) is 25.3. The molecule has 2 fully saturated rings. The number of alkyl halides is 3. The Kier molecular flexibility index (Phi) is 10.3. The van der Waals surface area contributed by atoms with Crippen molar-refractivity contribution in [1.82, 2.24) is 25.1 Å². The van der Waals surface area contributed by atoms with Crippen molar-refractivity contribution in [2.45, 2.75) is 50.9 Å². The number of carbonyl (C=O) groups is 1. The summed E-state index contributed by atoms with van der Waals surface area (Å²) in [5.74, 6) is 5.69. The van der Waals surface area contributed by atoms with Gasteiger partial charge in [0.15, 0.2) is 5.69 Å². The van der Waals surface area contributed by atoms with E-state index in [0.29, 0.717) is 44.0 Å². The first-order valence-corrected chi connectivity index (χ1v) is 17.0. The number of amides is 1. The van der Waals surface area contributed by atoms with Gasteiger partial charge in [-0.2, -0.15) is 18.3 Å². The highest BCUT2D eigenvalue weighted by atomic mass is 35.5. The Morgan fingerprint density at radius 1 is 1.00 bits per heavy atom. The molecule has 2 aliphatic heterocycles. The topological polar surface area (TPSA) is 73.6 Å². The minimum Gasteiger partial charge on any atom is -0.395 e. The summed E-state index contributed by atoms with van der Waals surface area (Å²) >= 11 is 14.3. The molecule has 246 valence electrons. The summed E-state index contributed by atoms with van der Waals surface area (Å²) in [6, 6.07) is 13.5. The number of nitrogens with one attached hydrogen (secondary N) is 1. The highest BCUT2D eigenvalue weighted by Crippen LogP contribution is 2.38. The maximum Gasteiger partial charge on any atom is 0.416 e. The molecule has 2 aromatic carbocycles. The van der Waals surface area contributed by atoms with Crippen LogP contribution in [0.1, 0.15) is 64.2 Å². The first-order chi connectivity index (χ1) is 22.6. The molecule has 0 bridgehead atoms. The quantitative estimate of drug-likeness (QED) is 0.196. The van der Waals surface area contributed by atoms with Gasteiger partial charge in [0.05, 0.1) is 38.3 Å². The maximum atomic E-state index is 13.9. The van der Waals surface area contributed by atoms with Gasteiger partial charge < -0.3 is 5.11 Å². The van der Waals surface area contributed by atoms with Gasteiger partial charge in [0, 0.05) is 41.8 Å². The Morgan fingerprint density at radius 3 is 2.47 bits per heavy atom. The van der Waals surface area contributed by atoms with Crippen molar-refractivity contribution in [3.8, 4) is 28.1 Å². The van der Waals surface area contributed by atoms with Crippen molar-refractivity contribution >= 4 is 40.4 Å². The Morgan fingerprint density at radius 2 is 1.77 bits per heavy atom. The number of hydrogen-bond donors (Lipinski definition) is 2. The van der Waals surface area contributed by atoms with Gasteiger partial charge in [0.2, 0.25) is 0 Å². The second kappa shape index (κ2) is 14.4. The van der Waals surface area contributed by atoms with E-state index < -0.39 is 11.7 Å². The van der Waals surface area contributed by atoms with Crippen LogP contribution in [0.25, 0.3) is 16.3 Å². The third-order valence-corrected chi connectivity index (χ3v) is 9.95. The van der Waals surface area contributed by atoms with Gasteiger partial charge in [-0.05, 0) is 86.8 Å². The van der Waals surface area contributed by atoms with E-state index in [1.54, 1.807) is 22.9 Å². The summed E-state index contributed by atoms with van der Waals surface area (Å²) in [6.45, 7) is 2.65. The number of hydrogen-bond acceptors (Lipinski definition) is 6. The van der Waals surface area contributed by atoms with E-state index >= 15 is 0 Å². The molecule has 6 rings (SSSR count). The minimum atomic E-state index is -4.42. The molecule has 0 spiro atoms. The Hall–Kier alpha value is -3.37. The van der Waals surface area contributed by atoms with Gasteiger partial charge in [-0.25, -0.2) is 9.69 Å². The van der Waals surface area contributed by atoms with E-state index in [2.05, 4.69) is 22.2 Å². The number of hydrazine groups is 1. The van der Waals surface area contributed by atoms with Crippen LogP contribution in [0.3, 0.4) is 0 Å². The third kappa shape index (κ3) is 7.70. The fourth-order valence-electron chi connectivity index (χ4n) is 5.99. The van der Waals surface area contributed by atoms with Crippen molar-refractivity contribution in [2.24, 2.45) is 0 Å². The highest BCUT2D eigenvalue weighted by molar-refractivity contribution is 7.16. The predicted molar refractivity (Wildman–Crippen MR) is 178 cm³/mol. The number of piperidine rings is 1. The van der Waals surface area contributed by atoms with Crippen LogP contribution in [0.2, 0.25) is 10.0 Å². The van der Waals surface area contributed by atoms with E-state index in [1.807, 2.05) is 17.1 Å². The zero-order valence-corrected chi connectivity index (χ0v) is 27.6. The van der Waals surface area contributed by atoms with Crippen LogP contribution in [0.5, 0.6) is 0 Å². The second-order valence-electron chi connectivity index (χ2n) is 11.6. The smallest absolute Gasteiger partial charge is 0.395 e. The molecule has 2 N–H and O–H groups in total. The van der Waals surface area contributed by atoms with Gasteiger partial charge in [-0.1, -0.05) is 41.5 Å². The van der Waals surface area contributed by atoms with Crippen LogP contribution >= 0.6 is 34.5 Å². The summed E-state index contributed by atoms with van der Waals surface area (Å²) < 4.78 is 40.7. The fraction of sp³-hybridized carbons (Fsp3) is 0.353. The fourth-order valence-corrected chi connectivity index (χ4v) is 7.39. The Balaban J connectivity index is 1.44. The number of aromatic nitrogens is 2. The number of carbonyl (C=O) groups excluding carboxylic acids is 1. The van der Waals surface area contributed by atoms with Gasteiger partial charge in [0.1, 0.15) is 0 Å². The third-order valence-electron chi connectivity index (χ3n) is 8.40. The number of rotatable bonds is 7. The van der Waals surface area contributed by atoms with Crippen molar-refractivity contribution in [2.75, 3.05) is 26.2 Å². The lowest BCUT2D eigenvalue weighted by atomic mass is 10.1. The molecule has 2 aromatic heterocycles. The predicted octanol–water partition coefficient (Wildman–Crippen LogP) is 7.41. The lowest BCUT2D eigenvalue weighted by Gasteiger charge is -2.27. The van der Waals surface area contributed by atoms with Crippen LogP contribution in [-0.4, -0.2) is 63.0 Å². The normalized spacial score (nSPS) is 17.4. The van der Waals surface area contributed by atoms with Crippen LogP contribution < -0.4 is 5.43 Å². The number of nitrogens with zero attached hydrogens (tertiary/aromatic N) is 4. The van der Waals surface area contributed by atoms with E-state index in [9.17, 15) is 23.1 Å². The van der Waals surface area contributed by atoms with Gasteiger partial charge >= 0.3 is 6.18 Å². The average molecular weight is 703 g/mol. The summed E-state index contributed by atoms with van der Waals surface area (Å²) in [6.07, 6.45) is 0.454. The molecule has 13 heteroatoms. The summed E-state index contributed by atoms with van der Waals surface area (Å²) in [4.78, 5) is 17.6. The second-order valence-corrected chi connectivity index (χ2v) is 13.5. The molecule has 2 aliphatic rings. The number of aliphatic hydroxyl groups is 1. The summed E-state index contributed by atoms with van der Waals surface area (Å²) in [7, 11) is 0. The molecule has 0 aliphatic carbocycles. The zero-order chi connectivity index (χ0) is 33.1. The number of thiophene rings is 1. The first-order valence-electron chi connectivity index (χ1n) is 15.4. The van der Waals surface area contributed by atoms with Crippen LogP contribution in [-0.2, 0) is 12.7 Å². The molecule has 1 amide bonds. The standard InChI is InChI=1S/C34H32Cl2F3N5O2S/c35-24-11-14-29(28(36)19-24)44-32(30-15-13-26(47-30)12-8-22-6-9-23(10-7-22)34(37,38)39)27(20-42-16-4-5-25(42)21-45)31(40-44)33(46)41-43-17-2-1-3-18-43/h6-7,9-11,13-15,19,25,45H,1-5,16-18,20-21H2,(H,41,46). The first kappa shape index (κ1) is 33.5. The van der Waals surface area contributed by atoms with Crippen molar-refractivity contribution in [3.05, 3.63) is 91.9 Å². The summed E-state index contributed by atoms with van der Waals surface area (Å²) in [5, 5.41) is 17.7. The maximum absolute atomic E-state index is 13.9. The van der Waals surface area contributed by atoms with Gasteiger partial charge in [0.25, 0.3) is 5.91 Å². The minimum absolute atomic E-state index is 0.00444. The monoisotopic (exact) mass is 701 g/mol. The Labute approximate surface area is 284 Å². The summed E-state index contributed by atoms with van der Waals surface area (Å²) in [5.41, 5.74) is 4.92. The van der Waals surface area contributed by atoms with Crippen LogP contribution in [0, 0.1) is 11.8 Å². The van der Waals surface area contributed by atoms with Gasteiger partial charge in [-0.3, -0.25) is 15.1 Å².